The van der Waals surface area contributed by atoms with E-state index in [2.05, 4.69) is 33.2 Å². The Morgan fingerprint density at radius 1 is 1.11 bits per heavy atom. The van der Waals surface area contributed by atoms with Gasteiger partial charge in [0.1, 0.15) is 31.0 Å². The Kier molecular flexibility index (Phi) is 7.92. The molecule has 4 heterocycles. The van der Waals surface area contributed by atoms with Crippen LogP contribution < -0.4 is 10.1 Å². The number of hydrogen-bond donors (Lipinski definition) is 1. The second-order valence-electron chi connectivity index (χ2n) is 9.37. The number of ether oxygens (including phenoxy) is 3. The fourth-order valence-corrected chi connectivity index (χ4v) is 4.41. The third-order valence-electron chi connectivity index (χ3n) is 6.44. The van der Waals surface area contributed by atoms with E-state index in [4.69, 9.17) is 18.6 Å². The molecule has 0 radical (unpaired) electrons. The molecule has 0 spiro atoms. The van der Waals surface area contributed by atoms with E-state index in [1.165, 1.54) is 25.9 Å². The first kappa shape index (κ1) is 23.8. The molecule has 186 valence electrons. The summed E-state index contributed by atoms with van der Waals surface area (Å²) < 4.78 is 23.8. The number of anilines is 2. The van der Waals surface area contributed by atoms with Gasteiger partial charge in [-0.1, -0.05) is 6.92 Å². The van der Waals surface area contributed by atoms with E-state index in [9.17, 15) is 0 Å². The first-order chi connectivity index (χ1) is 17.2. The van der Waals surface area contributed by atoms with Crippen molar-refractivity contribution in [3.05, 3.63) is 54.1 Å². The number of hydrogen-bond acceptors (Lipinski definition) is 8. The Morgan fingerprint density at radius 2 is 2.03 bits per heavy atom. The number of benzene rings is 1. The number of rotatable bonds is 4. The topological polar surface area (TPSA) is 81.9 Å². The molecule has 6 bridgehead atoms. The number of nitrogens with zero attached hydrogens (tertiary/aromatic N) is 3. The Balaban J connectivity index is 1.35. The minimum atomic E-state index is 0.384. The van der Waals surface area contributed by atoms with Gasteiger partial charge in [-0.2, -0.15) is 0 Å². The molecule has 1 unspecified atom stereocenters. The van der Waals surface area contributed by atoms with Gasteiger partial charge in [0.15, 0.2) is 0 Å². The minimum absolute atomic E-state index is 0.384. The fourth-order valence-electron chi connectivity index (χ4n) is 4.41. The summed E-state index contributed by atoms with van der Waals surface area (Å²) in [5.41, 5.74) is 3.59. The summed E-state index contributed by atoms with van der Waals surface area (Å²) in [5.74, 6) is 2.55. The number of fused-ring (bicyclic) bond motifs is 7. The SMILES string of the molecule is CC1CCOCc2cc(co2)-c2ccnc(n2)Nc2ccc(OCCN3CCCC3)c(c2)COC1. The number of furan rings is 1. The Morgan fingerprint density at radius 3 is 2.94 bits per heavy atom. The monoisotopic (exact) mass is 478 g/mol. The highest BCUT2D eigenvalue weighted by molar-refractivity contribution is 5.62. The molecule has 8 nitrogen and oxygen atoms in total. The minimum Gasteiger partial charge on any atom is -0.492 e. The standard InChI is InChI=1S/C27H34N4O4/c1-20-7-12-32-19-24-15-21(18-35-24)25-6-8-28-27(30-25)29-23-4-5-26(22(14-23)17-33-16-20)34-13-11-31-9-2-3-10-31/h4-6,8,14-15,18,20H,2-3,7,9-13,16-17,19H2,1H3,(H,28,29,30). The average Bonchev–Trinajstić information content (AvgIpc) is 3.55. The maximum Gasteiger partial charge on any atom is 0.227 e. The zero-order valence-corrected chi connectivity index (χ0v) is 20.4. The van der Waals surface area contributed by atoms with Crippen LogP contribution in [-0.2, 0) is 22.7 Å². The number of nitrogens with one attached hydrogen (secondary N) is 1. The fraction of sp³-hybridized carbons (Fsp3) is 0.481. The molecule has 0 amide bonds. The number of likely N-dealkylation sites (tertiary alicyclic amines) is 1. The van der Waals surface area contributed by atoms with Gasteiger partial charge in [-0.15, -0.1) is 0 Å². The van der Waals surface area contributed by atoms with E-state index < -0.39 is 0 Å². The van der Waals surface area contributed by atoms with Crippen molar-refractivity contribution < 1.29 is 18.6 Å². The van der Waals surface area contributed by atoms with Crippen LogP contribution in [0.1, 0.15) is 37.5 Å². The second kappa shape index (κ2) is 11.7. The van der Waals surface area contributed by atoms with Crippen molar-refractivity contribution in [2.24, 2.45) is 5.92 Å². The van der Waals surface area contributed by atoms with Crippen LogP contribution >= 0.6 is 0 Å². The van der Waals surface area contributed by atoms with Gasteiger partial charge in [0, 0.05) is 42.8 Å². The van der Waals surface area contributed by atoms with Gasteiger partial charge >= 0.3 is 0 Å². The van der Waals surface area contributed by atoms with Crippen molar-refractivity contribution in [2.75, 3.05) is 44.8 Å². The average molecular weight is 479 g/mol. The maximum absolute atomic E-state index is 6.19. The predicted octanol–water partition coefficient (Wildman–Crippen LogP) is 5.03. The van der Waals surface area contributed by atoms with E-state index >= 15 is 0 Å². The summed E-state index contributed by atoms with van der Waals surface area (Å²) in [7, 11) is 0. The summed E-state index contributed by atoms with van der Waals surface area (Å²) >= 11 is 0. The normalized spacial score (nSPS) is 19.5. The smallest absolute Gasteiger partial charge is 0.227 e. The van der Waals surface area contributed by atoms with E-state index in [1.807, 2.05) is 24.3 Å². The molecule has 3 aromatic rings. The lowest BCUT2D eigenvalue weighted by Gasteiger charge is -2.18. The molecule has 1 saturated heterocycles. The highest BCUT2D eigenvalue weighted by atomic mass is 16.5. The van der Waals surface area contributed by atoms with E-state index in [0.29, 0.717) is 44.9 Å². The van der Waals surface area contributed by atoms with Crippen LogP contribution in [0.3, 0.4) is 0 Å². The van der Waals surface area contributed by atoms with Gasteiger partial charge in [-0.25, -0.2) is 9.97 Å². The van der Waals surface area contributed by atoms with E-state index in [-0.39, 0.29) is 0 Å². The van der Waals surface area contributed by atoms with Gasteiger partial charge < -0.3 is 23.9 Å². The molecule has 0 saturated carbocycles. The van der Waals surface area contributed by atoms with Crippen LogP contribution in [0.5, 0.6) is 5.75 Å². The zero-order chi connectivity index (χ0) is 23.9. The molecule has 1 atom stereocenters. The zero-order valence-electron chi connectivity index (χ0n) is 20.4. The lowest BCUT2D eigenvalue weighted by Crippen LogP contribution is -2.25. The van der Waals surface area contributed by atoms with Crippen molar-refractivity contribution in [3.8, 4) is 17.0 Å². The van der Waals surface area contributed by atoms with Crippen LogP contribution in [-0.4, -0.2) is 54.3 Å². The second-order valence-corrected chi connectivity index (χ2v) is 9.37. The molecular weight excluding hydrogens is 444 g/mol. The molecular formula is C27H34N4O4. The quantitative estimate of drug-likeness (QED) is 0.559. The van der Waals surface area contributed by atoms with Gasteiger partial charge in [0.2, 0.25) is 5.95 Å². The van der Waals surface area contributed by atoms with Crippen LogP contribution in [0.4, 0.5) is 11.6 Å². The van der Waals surface area contributed by atoms with E-state index in [1.54, 1.807) is 12.5 Å². The highest BCUT2D eigenvalue weighted by Crippen LogP contribution is 2.27. The largest absolute Gasteiger partial charge is 0.492 e. The van der Waals surface area contributed by atoms with Gasteiger partial charge in [-0.3, -0.25) is 4.90 Å². The molecule has 1 aromatic carbocycles. The lowest BCUT2D eigenvalue weighted by molar-refractivity contribution is 0.0583. The highest BCUT2D eigenvalue weighted by Gasteiger charge is 2.14. The molecule has 5 rings (SSSR count). The summed E-state index contributed by atoms with van der Waals surface area (Å²) in [5, 5.41) is 3.33. The van der Waals surface area contributed by atoms with Crippen molar-refractivity contribution in [1.29, 1.82) is 0 Å². The Labute approximate surface area is 206 Å². The molecule has 8 heteroatoms. The van der Waals surface area contributed by atoms with Gasteiger partial charge in [0.25, 0.3) is 0 Å². The molecule has 1 fully saturated rings. The predicted molar refractivity (Wildman–Crippen MR) is 134 cm³/mol. The van der Waals surface area contributed by atoms with Crippen molar-refractivity contribution in [3.63, 3.8) is 0 Å². The third kappa shape index (κ3) is 6.60. The van der Waals surface area contributed by atoms with Crippen LogP contribution in [0.25, 0.3) is 11.3 Å². The first-order valence-corrected chi connectivity index (χ1v) is 12.5. The third-order valence-corrected chi connectivity index (χ3v) is 6.44. The van der Waals surface area contributed by atoms with Crippen molar-refractivity contribution in [2.45, 2.75) is 39.4 Å². The van der Waals surface area contributed by atoms with Crippen molar-refractivity contribution in [1.82, 2.24) is 14.9 Å². The summed E-state index contributed by atoms with van der Waals surface area (Å²) in [6, 6.07) is 9.91. The number of aromatic nitrogens is 2. The molecule has 1 N–H and O–H groups in total. The van der Waals surface area contributed by atoms with Gasteiger partial charge in [0.05, 0.1) is 12.3 Å². The Bertz CT molecular complexity index is 1100. The van der Waals surface area contributed by atoms with Crippen LogP contribution in [0.2, 0.25) is 0 Å². The summed E-state index contributed by atoms with van der Waals surface area (Å²) in [6.07, 6.45) is 6.94. The van der Waals surface area contributed by atoms with Crippen molar-refractivity contribution >= 4 is 11.6 Å². The van der Waals surface area contributed by atoms with E-state index in [0.717, 1.165) is 47.0 Å². The lowest BCUT2D eigenvalue weighted by atomic mass is 10.1. The molecule has 2 aromatic heterocycles. The summed E-state index contributed by atoms with van der Waals surface area (Å²) in [6.45, 7) is 8.38. The molecule has 2 aliphatic rings. The Hall–Kier alpha value is -2.94. The van der Waals surface area contributed by atoms with Crippen LogP contribution in [0.15, 0.2) is 47.2 Å². The van der Waals surface area contributed by atoms with Gasteiger partial charge in [-0.05, 0) is 68.6 Å². The molecule has 35 heavy (non-hydrogen) atoms. The summed E-state index contributed by atoms with van der Waals surface area (Å²) in [4.78, 5) is 11.5. The maximum atomic E-state index is 6.19. The molecule has 2 aliphatic heterocycles. The van der Waals surface area contributed by atoms with Crippen LogP contribution in [0, 0.1) is 5.92 Å². The first-order valence-electron chi connectivity index (χ1n) is 12.5. The molecule has 0 aliphatic carbocycles.